The quantitative estimate of drug-likeness (QED) is 0.570. The van der Waals surface area contributed by atoms with E-state index in [1.807, 2.05) is 20.8 Å². The Morgan fingerprint density at radius 2 is 1.79 bits per heavy atom. The molecule has 6 nitrogen and oxygen atoms in total. The fraction of sp³-hybridized carbons (Fsp3) is 0.769. The molecule has 0 radical (unpaired) electrons. The van der Waals surface area contributed by atoms with Gasteiger partial charge in [0, 0.05) is 0 Å². The van der Waals surface area contributed by atoms with Crippen LogP contribution < -0.4 is 10.6 Å². The lowest BCUT2D eigenvalue weighted by Gasteiger charge is -2.20. The summed E-state index contributed by atoms with van der Waals surface area (Å²) in [5, 5.41) is 14.2. The first-order chi connectivity index (χ1) is 8.79. The summed E-state index contributed by atoms with van der Waals surface area (Å²) in [4.78, 5) is 33.9. The third kappa shape index (κ3) is 6.91. The van der Waals surface area contributed by atoms with Crippen LogP contribution in [0.4, 0.5) is 0 Å². The molecular weight excluding hydrogens is 248 g/mol. The summed E-state index contributed by atoms with van der Waals surface area (Å²) in [6.45, 7) is 6.89. The number of aliphatic carboxylic acids is 1. The van der Waals surface area contributed by atoms with Crippen molar-refractivity contribution in [1.82, 2.24) is 10.6 Å². The second-order valence-electron chi connectivity index (χ2n) is 4.96. The minimum absolute atomic E-state index is 0.00682. The van der Waals surface area contributed by atoms with Crippen LogP contribution in [0.5, 0.6) is 0 Å². The number of nitrogens with one attached hydrogen (secondary N) is 2. The van der Waals surface area contributed by atoms with E-state index in [0.29, 0.717) is 12.8 Å². The van der Waals surface area contributed by atoms with Crippen LogP contribution >= 0.6 is 0 Å². The monoisotopic (exact) mass is 272 g/mol. The molecule has 0 saturated carbocycles. The van der Waals surface area contributed by atoms with Gasteiger partial charge < -0.3 is 10.4 Å². The predicted molar refractivity (Wildman–Crippen MR) is 71.8 cm³/mol. The molecule has 0 aliphatic carbocycles. The van der Waals surface area contributed by atoms with Crippen LogP contribution in [0.3, 0.4) is 0 Å². The number of rotatable bonds is 9. The molecule has 1 amide bonds. The van der Waals surface area contributed by atoms with Crippen molar-refractivity contribution in [2.75, 3.05) is 6.54 Å². The molecule has 0 aromatic carbocycles. The van der Waals surface area contributed by atoms with E-state index >= 15 is 0 Å². The lowest BCUT2D eigenvalue weighted by atomic mass is 10.0. The molecule has 6 heteroatoms. The Morgan fingerprint density at radius 1 is 1.21 bits per heavy atom. The number of carboxylic acids is 1. The van der Waals surface area contributed by atoms with Crippen molar-refractivity contribution in [2.24, 2.45) is 5.92 Å². The van der Waals surface area contributed by atoms with Crippen molar-refractivity contribution in [2.45, 2.75) is 52.6 Å². The van der Waals surface area contributed by atoms with E-state index in [1.54, 1.807) is 0 Å². The summed E-state index contributed by atoms with van der Waals surface area (Å²) >= 11 is 0. The van der Waals surface area contributed by atoms with E-state index in [0.717, 1.165) is 0 Å². The fourth-order valence-electron chi connectivity index (χ4n) is 1.78. The molecule has 0 aliphatic heterocycles. The average molecular weight is 272 g/mol. The van der Waals surface area contributed by atoms with Crippen LogP contribution in [0.15, 0.2) is 0 Å². The van der Waals surface area contributed by atoms with Gasteiger partial charge in [0.15, 0.2) is 5.78 Å². The summed E-state index contributed by atoms with van der Waals surface area (Å²) in [6.07, 6.45) is 1.18. The summed E-state index contributed by atoms with van der Waals surface area (Å²) in [5.41, 5.74) is 0. The maximum Gasteiger partial charge on any atom is 0.320 e. The van der Waals surface area contributed by atoms with Crippen molar-refractivity contribution >= 4 is 17.7 Å². The zero-order chi connectivity index (χ0) is 15.0. The number of ketones is 1. The van der Waals surface area contributed by atoms with Gasteiger partial charge in [-0.3, -0.25) is 19.7 Å². The minimum atomic E-state index is -0.971. The number of amides is 1. The standard InChI is InChI=1S/C13H24N2O4/c1-5-6-10(13(18)19)14-7-11(17)15-12(8(2)3)9(4)16/h8,10,12,14H,5-7H2,1-4H3,(H,15,17)(H,18,19). The van der Waals surface area contributed by atoms with Gasteiger partial charge in [-0.25, -0.2) is 0 Å². The topological polar surface area (TPSA) is 95.5 Å². The average Bonchev–Trinajstić information content (AvgIpc) is 2.30. The summed E-state index contributed by atoms with van der Waals surface area (Å²) in [5.74, 6) is -1.43. The third-order valence-corrected chi connectivity index (χ3v) is 2.81. The molecule has 0 fully saturated rings. The smallest absolute Gasteiger partial charge is 0.320 e. The number of hydrogen-bond acceptors (Lipinski definition) is 4. The highest BCUT2D eigenvalue weighted by atomic mass is 16.4. The third-order valence-electron chi connectivity index (χ3n) is 2.81. The fourth-order valence-corrected chi connectivity index (χ4v) is 1.78. The Bertz CT molecular complexity index is 329. The zero-order valence-corrected chi connectivity index (χ0v) is 12.0. The van der Waals surface area contributed by atoms with Gasteiger partial charge in [-0.05, 0) is 19.3 Å². The van der Waals surface area contributed by atoms with Crippen molar-refractivity contribution in [3.63, 3.8) is 0 Å². The molecule has 0 saturated heterocycles. The molecule has 0 aromatic rings. The van der Waals surface area contributed by atoms with Gasteiger partial charge in [0.1, 0.15) is 6.04 Å². The van der Waals surface area contributed by atoms with Gasteiger partial charge in [0.25, 0.3) is 0 Å². The molecule has 2 atom stereocenters. The van der Waals surface area contributed by atoms with Crippen LogP contribution in [-0.2, 0) is 14.4 Å². The van der Waals surface area contributed by atoms with Crippen LogP contribution in [0, 0.1) is 5.92 Å². The summed E-state index contributed by atoms with van der Waals surface area (Å²) < 4.78 is 0. The molecule has 3 N–H and O–H groups in total. The number of carbonyl (C=O) groups is 3. The Hall–Kier alpha value is -1.43. The van der Waals surface area contributed by atoms with Crippen LogP contribution in [-0.4, -0.2) is 41.4 Å². The Labute approximate surface area is 113 Å². The molecule has 0 bridgehead atoms. The van der Waals surface area contributed by atoms with Gasteiger partial charge in [0.05, 0.1) is 12.6 Å². The normalized spacial score (nSPS) is 13.9. The maximum absolute atomic E-state index is 11.7. The van der Waals surface area contributed by atoms with Crippen molar-refractivity contribution in [3.05, 3.63) is 0 Å². The molecular formula is C13H24N2O4. The largest absolute Gasteiger partial charge is 0.480 e. The van der Waals surface area contributed by atoms with Crippen molar-refractivity contribution in [3.8, 4) is 0 Å². The second-order valence-corrected chi connectivity index (χ2v) is 4.96. The first-order valence-electron chi connectivity index (χ1n) is 6.55. The van der Waals surface area contributed by atoms with E-state index < -0.39 is 18.1 Å². The number of hydrogen-bond donors (Lipinski definition) is 3. The van der Waals surface area contributed by atoms with Crippen molar-refractivity contribution in [1.29, 1.82) is 0 Å². The number of Topliss-reactive ketones (excluding diaryl/α,β-unsaturated/α-hetero) is 1. The Balaban J connectivity index is 4.30. The van der Waals surface area contributed by atoms with E-state index in [2.05, 4.69) is 10.6 Å². The van der Waals surface area contributed by atoms with E-state index in [1.165, 1.54) is 6.92 Å². The van der Waals surface area contributed by atoms with Gasteiger partial charge in [-0.1, -0.05) is 27.2 Å². The van der Waals surface area contributed by atoms with Crippen molar-refractivity contribution < 1.29 is 19.5 Å². The van der Waals surface area contributed by atoms with E-state index in [4.69, 9.17) is 5.11 Å². The van der Waals surface area contributed by atoms with E-state index in [-0.39, 0.29) is 24.2 Å². The SMILES string of the molecule is CCCC(NCC(=O)NC(C(C)=O)C(C)C)C(=O)O. The molecule has 0 heterocycles. The first-order valence-corrected chi connectivity index (χ1v) is 6.55. The van der Waals surface area contributed by atoms with Crippen LogP contribution in [0.2, 0.25) is 0 Å². The summed E-state index contributed by atoms with van der Waals surface area (Å²) in [6, 6.07) is -1.26. The number of carbonyl (C=O) groups excluding carboxylic acids is 2. The van der Waals surface area contributed by atoms with Crippen LogP contribution in [0.1, 0.15) is 40.5 Å². The molecule has 0 rings (SSSR count). The van der Waals surface area contributed by atoms with E-state index in [9.17, 15) is 14.4 Å². The minimum Gasteiger partial charge on any atom is -0.480 e. The van der Waals surface area contributed by atoms with Gasteiger partial charge in [-0.15, -0.1) is 0 Å². The number of carboxylic acid groups (broad SMARTS) is 1. The molecule has 0 spiro atoms. The highest BCUT2D eigenvalue weighted by Gasteiger charge is 2.22. The molecule has 2 unspecified atom stereocenters. The Kier molecular flexibility index (Phi) is 7.98. The Morgan fingerprint density at radius 3 is 2.16 bits per heavy atom. The highest BCUT2D eigenvalue weighted by molar-refractivity contribution is 5.88. The highest BCUT2D eigenvalue weighted by Crippen LogP contribution is 2.02. The first kappa shape index (κ1) is 17.6. The molecule has 0 aliphatic rings. The lowest BCUT2D eigenvalue weighted by molar-refractivity contribution is -0.139. The predicted octanol–water partition coefficient (Wildman–Crippen LogP) is 0.559. The molecule has 19 heavy (non-hydrogen) atoms. The van der Waals surface area contributed by atoms with Crippen LogP contribution in [0.25, 0.3) is 0 Å². The zero-order valence-electron chi connectivity index (χ0n) is 12.0. The second kappa shape index (κ2) is 8.63. The van der Waals surface area contributed by atoms with Gasteiger partial charge in [0.2, 0.25) is 5.91 Å². The molecule has 0 aromatic heterocycles. The van der Waals surface area contributed by atoms with Gasteiger partial charge >= 0.3 is 5.97 Å². The molecule has 110 valence electrons. The van der Waals surface area contributed by atoms with Gasteiger partial charge in [-0.2, -0.15) is 0 Å². The lowest BCUT2D eigenvalue weighted by Crippen LogP contribution is -2.49. The maximum atomic E-state index is 11.7. The summed E-state index contributed by atoms with van der Waals surface area (Å²) in [7, 11) is 0.